The van der Waals surface area contributed by atoms with E-state index in [1.54, 1.807) is 0 Å². The van der Waals surface area contributed by atoms with Crippen molar-refractivity contribution in [3.63, 3.8) is 0 Å². The molecular weight excluding hydrogens is 222 g/mol. The topological polar surface area (TPSA) is 12.5 Å². The molecule has 0 fully saturated rings. The average Bonchev–Trinajstić information content (AvgIpc) is 2.39. The fourth-order valence-corrected chi connectivity index (χ4v) is 2.95. The van der Waals surface area contributed by atoms with Gasteiger partial charge in [0.15, 0.2) is 0 Å². The average molecular weight is 247 g/mol. The summed E-state index contributed by atoms with van der Waals surface area (Å²) in [6.07, 6.45) is 2.43. The van der Waals surface area contributed by atoms with Crippen molar-refractivity contribution in [1.29, 1.82) is 0 Å². The van der Waals surface area contributed by atoms with Gasteiger partial charge >= 0.3 is 0 Å². The number of benzene rings is 1. The highest BCUT2D eigenvalue weighted by Crippen LogP contribution is 2.35. The number of para-hydroxylation sites is 1. The Morgan fingerprint density at radius 1 is 1.17 bits per heavy atom. The number of nitrogens with zero attached hydrogens (tertiary/aromatic N) is 1. The van der Waals surface area contributed by atoms with Crippen molar-refractivity contribution in [2.24, 2.45) is 0 Å². The lowest BCUT2D eigenvalue weighted by Gasteiger charge is -2.39. The van der Waals surface area contributed by atoms with E-state index in [2.05, 4.69) is 49.9 Å². The normalized spacial score (nSPS) is 22.7. The molecule has 1 heterocycles. The van der Waals surface area contributed by atoms with Crippen molar-refractivity contribution in [1.82, 2.24) is 4.90 Å². The molecule has 100 valence electrons. The summed E-state index contributed by atoms with van der Waals surface area (Å²) in [7, 11) is 0. The van der Waals surface area contributed by atoms with Gasteiger partial charge in [0.2, 0.25) is 0 Å². The van der Waals surface area contributed by atoms with E-state index < -0.39 is 0 Å². The van der Waals surface area contributed by atoms with Gasteiger partial charge in [-0.2, -0.15) is 0 Å². The molecule has 2 nitrogen and oxygen atoms in total. The molecule has 0 saturated carbocycles. The van der Waals surface area contributed by atoms with Crippen molar-refractivity contribution in [2.45, 2.75) is 45.6 Å². The zero-order valence-electron chi connectivity index (χ0n) is 11.9. The summed E-state index contributed by atoms with van der Waals surface area (Å²) in [5, 5.41) is 0. The summed E-state index contributed by atoms with van der Waals surface area (Å²) < 4.78 is 5.94. The van der Waals surface area contributed by atoms with E-state index in [-0.39, 0.29) is 0 Å². The minimum atomic E-state index is 0.528. The van der Waals surface area contributed by atoms with Crippen molar-refractivity contribution in [3.8, 4) is 5.75 Å². The maximum atomic E-state index is 5.94. The maximum Gasteiger partial charge on any atom is 0.122 e. The SMILES string of the molecule is CCCN(CCC)[C@H]1COc2ccccc2[C@H]1C. The molecule has 2 rings (SSSR count). The predicted molar refractivity (Wildman–Crippen MR) is 76.3 cm³/mol. The standard InChI is InChI=1S/C16H25NO/c1-4-10-17(11-5-2)15-12-18-16-9-7-6-8-14(16)13(15)3/h6-9,13,15H,4-5,10-12H2,1-3H3/t13-,15+/m1/s1. The van der Waals surface area contributed by atoms with E-state index in [9.17, 15) is 0 Å². The summed E-state index contributed by atoms with van der Waals surface area (Å²) >= 11 is 0. The first kappa shape index (κ1) is 13.4. The first-order valence-corrected chi connectivity index (χ1v) is 7.23. The Balaban J connectivity index is 2.16. The first-order valence-electron chi connectivity index (χ1n) is 7.23. The molecule has 0 radical (unpaired) electrons. The molecule has 0 aliphatic carbocycles. The number of hydrogen-bond donors (Lipinski definition) is 0. The molecule has 2 atom stereocenters. The monoisotopic (exact) mass is 247 g/mol. The molecule has 1 aliphatic heterocycles. The summed E-state index contributed by atoms with van der Waals surface area (Å²) in [5.41, 5.74) is 1.37. The smallest absolute Gasteiger partial charge is 0.122 e. The van der Waals surface area contributed by atoms with Gasteiger partial charge < -0.3 is 4.74 Å². The molecule has 0 unspecified atom stereocenters. The Morgan fingerprint density at radius 2 is 1.83 bits per heavy atom. The van der Waals surface area contributed by atoms with E-state index in [1.165, 1.54) is 31.5 Å². The Morgan fingerprint density at radius 3 is 2.50 bits per heavy atom. The molecule has 0 spiro atoms. The molecular formula is C16H25NO. The van der Waals surface area contributed by atoms with Crippen LogP contribution in [-0.4, -0.2) is 30.6 Å². The van der Waals surface area contributed by atoms with Gasteiger partial charge in [-0.15, -0.1) is 0 Å². The van der Waals surface area contributed by atoms with Crippen LogP contribution in [-0.2, 0) is 0 Å². The number of fused-ring (bicyclic) bond motifs is 1. The highest BCUT2D eigenvalue weighted by atomic mass is 16.5. The van der Waals surface area contributed by atoms with Crippen LogP contribution in [0.2, 0.25) is 0 Å². The molecule has 1 aliphatic rings. The highest BCUT2D eigenvalue weighted by Gasteiger charge is 2.30. The van der Waals surface area contributed by atoms with Gasteiger partial charge in [0.1, 0.15) is 12.4 Å². The molecule has 0 aromatic heterocycles. The van der Waals surface area contributed by atoms with E-state index in [0.29, 0.717) is 12.0 Å². The van der Waals surface area contributed by atoms with Crippen molar-refractivity contribution < 1.29 is 4.74 Å². The second-order valence-electron chi connectivity index (χ2n) is 5.24. The highest BCUT2D eigenvalue weighted by molar-refractivity contribution is 5.38. The Kier molecular flexibility index (Phi) is 4.65. The minimum Gasteiger partial charge on any atom is -0.492 e. The molecule has 2 heteroatoms. The van der Waals surface area contributed by atoms with Crippen LogP contribution in [0.1, 0.15) is 45.1 Å². The van der Waals surface area contributed by atoms with Crippen LogP contribution in [0.5, 0.6) is 5.75 Å². The fourth-order valence-electron chi connectivity index (χ4n) is 2.95. The number of rotatable bonds is 5. The third-order valence-corrected chi connectivity index (χ3v) is 3.89. The lowest BCUT2D eigenvalue weighted by Crippen LogP contribution is -2.45. The van der Waals surface area contributed by atoms with E-state index in [4.69, 9.17) is 4.74 Å². The predicted octanol–water partition coefficient (Wildman–Crippen LogP) is 3.67. The van der Waals surface area contributed by atoms with Crippen LogP contribution in [0.15, 0.2) is 24.3 Å². The van der Waals surface area contributed by atoms with E-state index in [1.807, 2.05) is 0 Å². The fraction of sp³-hybridized carbons (Fsp3) is 0.625. The summed E-state index contributed by atoms with van der Waals surface area (Å²) in [5.74, 6) is 1.64. The third kappa shape index (κ3) is 2.69. The lowest BCUT2D eigenvalue weighted by atomic mass is 9.89. The zero-order valence-corrected chi connectivity index (χ0v) is 11.9. The Hall–Kier alpha value is -1.02. The third-order valence-electron chi connectivity index (χ3n) is 3.89. The van der Waals surface area contributed by atoms with Crippen LogP contribution in [0.25, 0.3) is 0 Å². The van der Waals surface area contributed by atoms with Crippen LogP contribution in [0.3, 0.4) is 0 Å². The van der Waals surface area contributed by atoms with Crippen molar-refractivity contribution in [2.75, 3.05) is 19.7 Å². The van der Waals surface area contributed by atoms with Crippen LogP contribution >= 0.6 is 0 Å². The van der Waals surface area contributed by atoms with Crippen LogP contribution in [0, 0.1) is 0 Å². The van der Waals surface area contributed by atoms with Crippen LogP contribution < -0.4 is 4.74 Å². The maximum absolute atomic E-state index is 5.94. The van der Waals surface area contributed by atoms with Gasteiger partial charge in [-0.3, -0.25) is 4.90 Å². The molecule has 1 aromatic carbocycles. The summed E-state index contributed by atoms with van der Waals surface area (Å²) in [4.78, 5) is 2.60. The van der Waals surface area contributed by atoms with Gasteiger partial charge in [0, 0.05) is 5.92 Å². The van der Waals surface area contributed by atoms with Gasteiger partial charge in [-0.25, -0.2) is 0 Å². The summed E-state index contributed by atoms with van der Waals surface area (Å²) in [6, 6.07) is 9.00. The van der Waals surface area contributed by atoms with E-state index in [0.717, 1.165) is 12.4 Å². The second-order valence-corrected chi connectivity index (χ2v) is 5.24. The minimum absolute atomic E-state index is 0.528. The second kappa shape index (κ2) is 6.24. The summed E-state index contributed by atoms with van der Waals surface area (Å²) in [6.45, 7) is 10.0. The largest absolute Gasteiger partial charge is 0.492 e. The van der Waals surface area contributed by atoms with Gasteiger partial charge in [-0.05, 0) is 37.6 Å². The molecule has 0 saturated heterocycles. The van der Waals surface area contributed by atoms with Gasteiger partial charge in [0.05, 0.1) is 6.04 Å². The Labute approximate surface area is 111 Å². The molecule has 0 amide bonds. The molecule has 18 heavy (non-hydrogen) atoms. The molecule has 0 bridgehead atoms. The first-order chi connectivity index (χ1) is 8.77. The number of hydrogen-bond acceptors (Lipinski definition) is 2. The van der Waals surface area contributed by atoms with Gasteiger partial charge in [-0.1, -0.05) is 39.0 Å². The van der Waals surface area contributed by atoms with Crippen molar-refractivity contribution in [3.05, 3.63) is 29.8 Å². The zero-order chi connectivity index (χ0) is 13.0. The van der Waals surface area contributed by atoms with E-state index >= 15 is 0 Å². The molecule has 1 aromatic rings. The quantitative estimate of drug-likeness (QED) is 0.787. The van der Waals surface area contributed by atoms with Crippen LogP contribution in [0.4, 0.5) is 0 Å². The number of ether oxygens (including phenoxy) is 1. The van der Waals surface area contributed by atoms with Crippen molar-refractivity contribution >= 4 is 0 Å². The lowest BCUT2D eigenvalue weighted by molar-refractivity contribution is 0.101. The van der Waals surface area contributed by atoms with Gasteiger partial charge in [0.25, 0.3) is 0 Å². The Bertz CT molecular complexity index is 371. The molecule has 0 N–H and O–H groups in total.